The van der Waals surface area contributed by atoms with Gasteiger partial charge in [-0.15, -0.1) is 11.3 Å². The van der Waals surface area contributed by atoms with Crippen LogP contribution in [-0.4, -0.2) is 36.5 Å². The summed E-state index contributed by atoms with van der Waals surface area (Å²) in [5.41, 5.74) is 5.45. The van der Waals surface area contributed by atoms with E-state index in [4.69, 9.17) is 5.73 Å². The average molecular weight is 318 g/mol. The average Bonchev–Trinajstić information content (AvgIpc) is 2.75. The van der Waals surface area contributed by atoms with Crippen molar-refractivity contribution >= 4 is 33.2 Å². The molecule has 6 heteroatoms. The Hall–Kier alpha value is -0.430. The maximum atomic E-state index is 11.4. The molecule has 2 atom stereocenters. The van der Waals surface area contributed by atoms with Gasteiger partial charge in [0.1, 0.15) is 6.04 Å². The number of carbonyl (C=O) groups excluding carboxylic acids is 1. The molecular formula is C11H16BrN3OS. The summed E-state index contributed by atoms with van der Waals surface area (Å²) < 4.78 is 1.09. The van der Waals surface area contributed by atoms with Gasteiger partial charge in [-0.05, 0) is 28.9 Å². The molecule has 1 aliphatic heterocycles. The SMILES string of the molecule is CC(c1cc(Br)cs1)N1CCNCC1C(N)=O. The van der Waals surface area contributed by atoms with E-state index >= 15 is 0 Å². The number of nitrogens with zero attached hydrogens (tertiary/aromatic N) is 1. The fraction of sp³-hybridized carbons (Fsp3) is 0.545. The maximum Gasteiger partial charge on any atom is 0.236 e. The molecule has 4 nitrogen and oxygen atoms in total. The first kappa shape index (κ1) is 13.0. The van der Waals surface area contributed by atoms with E-state index in [2.05, 4.69) is 44.5 Å². The second-order valence-electron chi connectivity index (χ2n) is 4.20. The summed E-state index contributed by atoms with van der Waals surface area (Å²) in [6, 6.07) is 2.13. The molecule has 0 bridgehead atoms. The van der Waals surface area contributed by atoms with Crippen LogP contribution in [0.3, 0.4) is 0 Å². The maximum absolute atomic E-state index is 11.4. The number of thiophene rings is 1. The molecule has 94 valence electrons. The zero-order chi connectivity index (χ0) is 12.4. The predicted molar refractivity (Wildman–Crippen MR) is 73.0 cm³/mol. The van der Waals surface area contributed by atoms with Gasteiger partial charge in [-0.2, -0.15) is 0 Å². The minimum atomic E-state index is -0.250. The minimum Gasteiger partial charge on any atom is -0.368 e. The second kappa shape index (κ2) is 5.48. The molecule has 0 aliphatic carbocycles. The summed E-state index contributed by atoms with van der Waals surface area (Å²) in [6.07, 6.45) is 0. The Balaban J connectivity index is 2.16. The van der Waals surface area contributed by atoms with Crippen LogP contribution in [0.4, 0.5) is 0 Å². The Morgan fingerprint density at radius 3 is 3.12 bits per heavy atom. The molecule has 1 amide bonds. The first-order chi connectivity index (χ1) is 8.09. The van der Waals surface area contributed by atoms with E-state index < -0.39 is 0 Å². The van der Waals surface area contributed by atoms with Gasteiger partial charge >= 0.3 is 0 Å². The van der Waals surface area contributed by atoms with Crippen molar-refractivity contribution in [2.75, 3.05) is 19.6 Å². The lowest BCUT2D eigenvalue weighted by Gasteiger charge is -2.38. The van der Waals surface area contributed by atoms with Crippen LogP contribution >= 0.6 is 27.3 Å². The first-order valence-electron chi connectivity index (χ1n) is 5.59. The van der Waals surface area contributed by atoms with Crippen molar-refractivity contribution < 1.29 is 4.79 Å². The number of hydrogen-bond acceptors (Lipinski definition) is 4. The van der Waals surface area contributed by atoms with Gasteiger partial charge in [0.05, 0.1) is 0 Å². The molecule has 0 radical (unpaired) electrons. The van der Waals surface area contributed by atoms with E-state index in [1.807, 2.05) is 0 Å². The molecule has 2 unspecified atom stereocenters. The summed E-state index contributed by atoms with van der Waals surface area (Å²) >= 11 is 5.16. The van der Waals surface area contributed by atoms with Gasteiger partial charge in [0, 0.05) is 40.4 Å². The van der Waals surface area contributed by atoms with E-state index in [9.17, 15) is 4.79 Å². The molecule has 1 saturated heterocycles. The number of hydrogen-bond donors (Lipinski definition) is 2. The molecule has 1 fully saturated rings. The predicted octanol–water partition coefficient (Wildman–Crippen LogP) is 1.33. The normalized spacial score (nSPS) is 23.5. The smallest absolute Gasteiger partial charge is 0.236 e. The zero-order valence-electron chi connectivity index (χ0n) is 9.65. The summed E-state index contributed by atoms with van der Waals surface area (Å²) in [5.74, 6) is -0.250. The Bertz CT molecular complexity index is 409. The van der Waals surface area contributed by atoms with Crippen molar-refractivity contribution in [1.29, 1.82) is 0 Å². The number of amides is 1. The van der Waals surface area contributed by atoms with Gasteiger partial charge in [-0.25, -0.2) is 0 Å². The van der Waals surface area contributed by atoms with Crippen LogP contribution in [0.15, 0.2) is 15.9 Å². The highest BCUT2D eigenvalue weighted by Crippen LogP contribution is 2.30. The lowest BCUT2D eigenvalue weighted by Crippen LogP contribution is -2.57. The number of nitrogens with two attached hydrogens (primary N) is 1. The van der Waals surface area contributed by atoms with Crippen molar-refractivity contribution in [3.63, 3.8) is 0 Å². The largest absolute Gasteiger partial charge is 0.368 e. The highest BCUT2D eigenvalue weighted by atomic mass is 79.9. The van der Waals surface area contributed by atoms with Gasteiger partial charge in [0.25, 0.3) is 0 Å². The Kier molecular flexibility index (Phi) is 4.19. The first-order valence-corrected chi connectivity index (χ1v) is 7.26. The quantitative estimate of drug-likeness (QED) is 0.884. The van der Waals surface area contributed by atoms with Crippen molar-refractivity contribution in [3.05, 3.63) is 20.8 Å². The fourth-order valence-corrected chi connectivity index (χ4v) is 3.68. The summed E-state index contributed by atoms with van der Waals surface area (Å²) in [7, 11) is 0. The van der Waals surface area contributed by atoms with Crippen molar-refractivity contribution in [2.45, 2.75) is 19.0 Å². The van der Waals surface area contributed by atoms with Gasteiger partial charge in [-0.1, -0.05) is 0 Å². The Morgan fingerprint density at radius 2 is 2.53 bits per heavy atom. The van der Waals surface area contributed by atoms with E-state index in [1.165, 1.54) is 4.88 Å². The monoisotopic (exact) mass is 317 g/mol. The highest BCUT2D eigenvalue weighted by Gasteiger charge is 2.31. The standard InChI is InChI=1S/C11H16BrN3OS/c1-7(10-4-8(12)6-17-10)15-3-2-14-5-9(15)11(13)16/h4,6-7,9,14H,2-3,5H2,1H3,(H2,13,16). The summed E-state index contributed by atoms with van der Waals surface area (Å²) in [5, 5.41) is 5.27. The molecule has 0 spiro atoms. The van der Waals surface area contributed by atoms with Crippen molar-refractivity contribution in [3.8, 4) is 0 Å². The van der Waals surface area contributed by atoms with E-state index in [0.29, 0.717) is 6.54 Å². The third-order valence-electron chi connectivity index (χ3n) is 3.11. The molecule has 17 heavy (non-hydrogen) atoms. The van der Waals surface area contributed by atoms with Crippen molar-refractivity contribution in [1.82, 2.24) is 10.2 Å². The lowest BCUT2D eigenvalue weighted by atomic mass is 10.1. The van der Waals surface area contributed by atoms with E-state index in [1.54, 1.807) is 11.3 Å². The van der Waals surface area contributed by atoms with Crippen LogP contribution in [0.2, 0.25) is 0 Å². The number of rotatable bonds is 3. The number of carbonyl (C=O) groups is 1. The van der Waals surface area contributed by atoms with Crippen LogP contribution in [-0.2, 0) is 4.79 Å². The lowest BCUT2D eigenvalue weighted by molar-refractivity contribution is -0.124. The van der Waals surface area contributed by atoms with Gasteiger partial charge in [0.15, 0.2) is 0 Å². The topological polar surface area (TPSA) is 58.4 Å². The van der Waals surface area contributed by atoms with Crippen LogP contribution in [0.5, 0.6) is 0 Å². The molecule has 0 saturated carbocycles. The molecule has 1 aliphatic rings. The molecule has 2 heterocycles. The molecule has 1 aromatic rings. The van der Waals surface area contributed by atoms with Crippen LogP contribution in [0.25, 0.3) is 0 Å². The fourth-order valence-electron chi connectivity index (χ4n) is 2.16. The Morgan fingerprint density at radius 1 is 1.76 bits per heavy atom. The van der Waals surface area contributed by atoms with Gasteiger partial charge in [0.2, 0.25) is 5.91 Å². The zero-order valence-corrected chi connectivity index (χ0v) is 12.1. The number of nitrogens with one attached hydrogen (secondary N) is 1. The van der Waals surface area contributed by atoms with Gasteiger partial charge in [-0.3, -0.25) is 9.69 Å². The minimum absolute atomic E-state index is 0.209. The molecule has 3 N–H and O–H groups in total. The van der Waals surface area contributed by atoms with Crippen LogP contribution in [0, 0.1) is 0 Å². The Labute approximate surface area is 113 Å². The van der Waals surface area contributed by atoms with Crippen molar-refractivity contribution in [2.24, 2.45) is 5.73 Å². The molecule has 1 aromatic heterocycles. The van der Waals surface area contributed by atoms with E-state index in [-0.39, 0.29) is 18.0 Å². The number of primary amides is 1. The van der Waals surface area contributed by atoms with E-state index in [0.717, 1.165) is 17.6 Å². The molecule has 0 aromatic carbocycles. The van der Waals surface area contributed by atoms with Crippen LogP contribution in [0.1, 0.15) is 17.8 Å². The van der Waals surface area contributed by atoms with Crippen LogP contribution < -0.4 is 11.1 Å². The third-order valence-corrected chi connectivity index (χ3v) is 4.97. The summed E-state index contributed by atoms with van der Waals surface area (Å²) in [6.45, 7) is 4.52. The highest BCUT2D eigenvalue weighted by molar-refractivity contribution is 9.10. The second-order valence-corrected chi connectivity index (χ2v) is 6.06. The molecular weight excluding hydrogens is 302 g/mol. The summed E-state index contributed by atoms with van der Waals surface area (Å²) in [4.78, 5) is 14.9. The number of halogens is 1. The van der Waals surface area contributed by atoms with Gasteiger partial charge < -0.3 is 11.1 Å². The third kappa shape index (κ3) is 2.88. The molecule has 2 rings (SSSR count). The number of piperazine rings is 1.